The molecule has 0 fully saturated rings. The second kappa shape index (κ2) is 4.18. The number of pyridine rings is 1. The molecular formula is C12H11N3O. The van der Waals surface area contributed by atoms with E-state index in [9.17, 15) is 4.79 Å². The van der Waals surface area contributed by atoms with Crippen LogP contribution in [0.25, 0.3) is 11.3 Å². The molecule has 0 aromatic carbocycles. The summed E-state index contributed by atoms with van der Waals surface area (Å²) >= 11 is 0. The van der Waals surface area contributed by atoms with Crippen LogP contribution in [0.3, 0.4) is 0 Å². The molecule has 0 saturated heterocycles. The molecule has 0 saturated carbocycles. The summed E-state index contributed by atoms with van der Waals surface area (Å²) in [7, 11) is 0. The zero-order valence-electron chi connectivity index (χ0n) is 9.14. The van der Waals surface area contributed by atoms with Crippen molar-refractivity contribution in [2.45, 2.75) is 13.8 Å². The zero-order valence-corrected chi connectivity index (χ0v) is 9.14. The highest BCUT2D eigenvalue weighted by Gasteiger charge is 2.05. The third-order valence-electron chi connectivity index (χ3n) is 2.30. The van der Waals surface area contributed by atoms with E-state index < -0.39 is 0 Å². The average molecular weight is 213 g/mol. The van der Waals surface area contributed by atoms with Crippen LogP contribution in [-0.2, 0) is 0 Å². The van der Waals surface area contributed by atoms with Crippen molar-refractivity contribution >= 4 is 6.29 Å². The Balaban J connectivity index is 2.46. The smallest absolute Gasteiger partial charge is 0.151 e. The highest BCUT2D eigenvalue weighted by molar-refractivity contribution is 5.75. The first kappa shape index (κ1) is 10.4. The van der Waals surface area contributed by atoms with Crippen LogP contribution in [0.5, 0.6) is 0 Å². The number of aldehydes is 1. The van der Waals surface area contributed by atoms with Crippen molar-refractivity contribution in [1.29, 1.82) is 0 Å². The number of rotatable bonds is 2. The number of hydrogen-bond donors (Lipinski definition) is 0. The Morgan fingerprint density at radius 1 is 1.12 bits per heavy atom. The molecule has 16 heavy (non-hydrogen) atoms. The van der Waals surface area contributed by atoms with E-state index in [1.165, 1.54) is 0 Å². The zero-order chi connectivity index (χ0) is 11.5. The molecular weight excluding hydrogens is 202 g/mol. The lowest BCUT2D eigenvalue weighted by Crippen LogP contribution is -1.95. The number of carbonyl (C=O) groups excluding carboxylic acids is 1. The summed E-state index contributed by atoms with van der Waals surface area (Å²) in [5.41, 5.74) is 3.12. The van der Waals surface area contributed by atoms with Crippen LogP contribution in [0, 0.1) is 13.8 Å². The average Bonchev–Trinajstić information content (AvgIpc) is 2.29. The molecule has 2 heterocycles. The van der Waals surface area contributed by atoms with Gasteiger partial charge >= 0.3 is 0 Å². The molecule has 0 aliphatic carbocycles. The van der Waals surface area contributed by atoms with Crippen molar-refractivity contribution in [1.82, 2.24) is 15.0 Å². The lowest BCUT2D eigenvalue weighted by molar-refractivity contribution is 0.112. The van der Waals surface area contributed by atoms with Crippen LogP contribution in [0.4, 0.5) is 0 Å². The molecule has 4 nitrogen and oxygen atoms in total. The Labute approximate surface area is 93.4 Å². The monoisotopic (exact) mass is 213 g/mol. The molecule has 2 aromatic heterocycles. The fraction of sp³-hybridized carbons (Fsp3) is 0.167. The maximum absolute atomic E-state index is 10.5. The molecule has 0 atom stereocenters. The van der Waals surface area contributed by atoms with E-state index in [1.54, 1.807) is 24.5 Å². The SMILES string of the molecule is Cc1ncc(-c2ccc(C=O)cn2)c(C)n1. The first-order chi connectivity index (χ1) is 7.70. The fourth-order valence-electron chi connectivity index (χ4n) is 1.47. The Morgan fingerprint density at radius 3 is 2.50 bits per heavy atom. The predicted octanol–water partition coefficient (Wildman–Crippen LogP) is 1.97. The van der Waals surface area contributed by atoms with Crippen molar-refractivity contribution < 1.29 is 4.79 Å². The quantitative estimate of drug-likeness (QED) is 0.715. The summed E-state index contributed by atoms with van der Waals surface area (Å²) in [6.45, 7) is 3.76. The predicted molar refractivity (Wildman–Crippen MR) is 60.1 cm³/mol. The first-order valence-electron chi connectivity index (χ1n) is 4.92. The van der Waals surface area contributed by atoms with E-state index in [1.807, 2.05) is 13.8 Å². The lowest BCUT2D eigenvalue weighted by Gasteiger charge is -2.04. The third-order valence-corrected chi connectivity index (χ3v) is 2.30. The van der Waals surface area contributed by atoms with E-state index in [-0.39, 0.29) is 0 Å². The van der Waals surface area contributed by atoms with Gasteiger partial charge in [0.15, 0.2) is 6.29 Å². The second-order valence-corrected chi connectivity index (χ2v) is 3.51. The van der Waals surface area contributed by atoms with Gasteiger partial charge in [0.05, 0.1) is 11.4 Å². The summed E-state index contributed by atoms with van der Waals surface area (Å²) in [6, 6.07) is 3.53. The Kier molecular flexibility index (Phi) is 2.72. The molecule has 0 aliphatic heterocycles. The topological polar surface area (TPSA) is 55.7 Å². The van der Waals surface area contributed by atoms with Crippen molar-refractivity contribution in [2.75, 3.05) is 0 Å². The Bertz CT molecular complexity index is 520. The molecule has 2 rings (SSSR count). The van der Waals surface area contributed by atoms with Crippen LogP contribution in [-0.4, -0.2) is 21.2 Å². The van der Waals surface area contributed by atoms with Crippen LogP contribution in [0.15, 0.2) is 24.5 Å². The maximum atomic E-state index is 10.5. The van der Waals surface area contributed by atoms with Gasteiger partial charge in [-0.3, -0.25) is 9.78 Å². The van der Waals surface area contributed by atoms with Gasteiger partial charge in [0.1, 0.15) is 5.82 Å². The molecule has 4 heteroatoms. The van der Waals surface area contributed by atoms with Crippen molar-refractivity contribution in [2.24, 2.45) is 0 Å². The molecule has 0 aliphatic rings. The number of aromatic nitrogens is 3. The standard InChI is InChI=1S/C12H11N3O/c1-8-11(6-13-9(2)15-8)12-4-3-10(7-16)5-14-12/h3-7H,1-2H3. The summed E-state index contributed by atoms with van der Waals surface area (Å²) in [6.07, 6.45) is 4.07. The van der Waals surface area contributed by atoms with Gasteiger partial charge in [-0.15, -0.1) is 0 Å². The highest BCUT2D eigenvalue weighted by atomic mass is 16.1. The number of nitrogens with zero attached hydrogens (tertiary/aromatic N) is 3. The van der Waals surface area contributed by atoms with Gasteiger partial charge in [-0.05, 0) is 26.0 Å². The van der Waals surface area contributed by atoms with Crippen LogP contribution in [0.1, 0.15) is 21.9 Å². The molecule has 0 unspecified atom stereocenters. The number of aryl methyl sites for hydroxylation is 2. The summed E-state index contributed by atoms with van der Waals surface area (Å²) in [5.74, 6) is 0.741. The van der Waals surface area contributed by atoms with Gasteiger partial charge in [0.25, 0.3) is 0 Å². The largest absolute Gasteiger partial charge is 0.298 e. The van der Waals surface area contributed by atoms with Gasteiger partial charge in [-0.2, -0.15) is 0 Å². The number of carbonyl (C=O) groups is 1. The van der Waals surface area contributed by atoms with Crippen molar-refractivity contribution in [3.63, 3.8) is 0 Å². The minimum absolute atomic E-state index is 0.564. The Morgan fingerprint density at radius 2 is 1.94 bits per heavy atom. The molecule has 0 radical (unpaired) electrons. The lowest BCUT2D eigenvalue weighted by atomic mass is 10.1. The molecule has 0 amide bonds. The van der Waals surface area contributed by atoms with Gasteiger partial charge in [0, 0.05) is 23.5 Å². The normalized spacial score (nSPS) is 10.1. The van der Waals surface area contributed by atoms with E-state index in [2.05, 4.69) is 15.0 Å². The third kappa shape index (κ3) is 1.95. The van der Waals surface area contributed by atoms with E-state index in [4.69, 9.17) is 0 Å². The fourth-order valence-corrected chi connectivity index (χ4v) is 1.47. The molecule has 0 spiro atoms. The van der Waals surface area contributed by atoms with E-state index in [0.29, 0.717) is 5.56 Å². The molecule has 80 valence electrons. The van der Waals surface area contributed by atoms with Crippen LogP contribution < -0.4 is 0 Å². The summed E-state index contributed by atoms with van der Waals surface area (Å²) in [4.78, 5) is 23.1. The summed E-state index contributed by atoms with van der Waals surface area (Å²) in [5, 5.41) is 0. The molecule has 0 N–H and O–H groups in total. The highest BCUT2D eigenvalue weighted by Crippen LogP contribution is 2.18. The van der Waals surface area contributed by atoms with Crippen molar-refractivity contribution in [3.05, 3.63) is 41.6 Å². The first-order valence-corrected chi connectivity index (χ1v) is 4.92. The number of hydrogen-bond acceptors (Lipinski definition) is 4. The Hall–Kier alpha value is -2.10. The van der Waals surface area contributed by atoms with Gasteiger partial charge in [0.2, 0.25) is 0 Å². The summed E-state index contributed by atoms with van der Waals surface area (Å²) < 4.78 is 0. The second-order valence-electron chi connectivity index (χ2n) is 3.51. The maximum Gasteiger partial charge on any atom is 0.151 e. The van der Waals surface area contributed by atoms with E-state index >= 15 is 0 Å². The molecule has 2 aromatic rings. The molecule has 0 bridgehead atoms. The van der Waals surface area contributed by atoms with Crippen LogP contribution >= 0.6 is 0 Å². The van der Waals surface area contributed by atoms with Crippen LogP contribution in [0.2, 0.25) is 0 Å². The van der Waals surface area contributed by atoms with E-state index in [0.717, 1.165) is 29.1 Å². The van der Waals surface area contributed by atoms with Gasteiger partial charge in [-0.25, -0.2) is 9.97 Å². The van der Waals surface area contributed by atoms with Gasteiger partial charge < -0.3 is 0 Å². The van der Waals surface area contributed by atoms with Crippen molar-refractivity contribution in [3.8, 4) is 11.3 Å². The van der Waals surface area contributed by atoms with Gasteiger partial charge in [-0.1, -0.05) is 0 Å². The minimum Gasteiger partial charge on any atom is -0.298 e. The minimum atomic E-state index is 0.564.